The first kappa shape index (κ1) is 17.9. The van der Waals surface area contributed by atoms with Crippen molar-refractivity contribution >= 4 is 5.97 Å². The van der Waals surface area contributed by atoms with Crippen molar-refractivity contribution in [2.75, 3.05) is 7.11 Å². The third-order valence-electron chi connectivity index (χ3n) is 2.95. The standard InChI is InChI=1S/C18H24O2/c1-8-15(11-14(6)13(4)5)16(9-2)12-17(10-3)18(19)20-7/h8-12H,3-4H2,1-2,5-7H3/b14-11-,15-8+,16-9+,17-12+. The van der Waals surface area contributed by atoms with E-state index in [4.69, 9.17) is 4.74 Å². The molecule has 0 aromatic carbocycles. The van der Waals surface area contributed by atoms with Gasteiger partial charge in [-0.3, -0.25) is 0 Å². The lowest BCUT2D eigenvalue weighted by atomic mass is 9.98. The molecule has 0 rings (SSSR count). The Labute approximate surface area is 122 Å². The third kappa shape index (κ3) is 5.27. The van der Waals surface area contributed by atoms with E-state index in [1.807, 2.05) is 45.9 Å². The smallest absolute Gasteiger partial charge is 0.337 e. The molecule has 0 aliphatic rings. The van der Waals surface area contributed by atoms with Crippen molar-refractivity contribution in [3.05, 3.63) is 71.4 Å². The molecule has 0 spiro atoms. The Hall–Kier alpha value is -2.09. The van der Waals surface area contributed by atoms with Crippen LogP contribution >= 0.6 is 0 Å². The predicted molar refractivity (Wildman–Crippen MR) is 86.4 cm³/mol. The van der Waals surface area contributed by atoms with E-state index < -0.39 is 5.97 Å². The van der Waals surface area contributed by atoms with Crippen LogP contribution in [0.2, 0.25) is 0 Å². The molecule has 0 bridgehead atoms. The second-order valence-corrected chi connectivity index (χ2v) is 4.39. The van der Waals surface area contributed by atoms with Crippen molar-refractivity contribution in [3.8, 4) is 0 Å². The number of carbonyl (C=O) groups excluding carboxylic acids is 1. The number of methoxy groups -OCH3 is 1. The van der Waals surface area contributed by atoms with E-state index in [0.29, 0.717) is 5.57 Å². The van der Waals surface area contributed by atoms with Crippen molar-refractivity contribution in [1.82, 2.24) is 0 Å². The van der Waals surface area contributed by atoms with Gasteiger partial charge in [0.2, 0.25) is 0 Å². The number of rotatable bonds is 6. The van der Waals surface area contributed by atoms with E-state index in [1.54, 1.807) is 6.08 Å². The van der Waals surface area contributed by atoms with E-state index in [2.05, 4.69) is 13.2 Å². The fourth-order valence-electron chi connectivity index (χ4n) is 1.51. The number of ether oxygens (including phenoxy) is 1. The fraction of sp³-hybridized carbons (Fsp3) is 0.278. The molecule has 0 unspecified atom stereocenters. The number of allylic oxidation sites excluding steroid dienone is 8. The summed E-state index contributed by atoms with van der Waals surface area (Å²) >= 11 is 0. The monoisotopic (exact) mass is 272 g/mol. The molecule has 0 fully saturated rings. The van der Waals surface area contributed by atoms with E-state index >= 15 is 0 Å². The molecule has 108 valence electrons. The number of esters is 1. The zero-order valence-electron chi connectivity index (χ0n) is 13.1. The third-order valence-corrected chi connectivity index (χ3v) is 2.95. The zero-order chi connectivity index (χ0) is 15.7. The van der Waals surface area contributed by atoms with Crippen LogP contribution in [0.1, 0.15) is 27.7 Å². The highest BCUT2D eigenvalue weighted by molar-refractivity contribution is 5.92. The van der Waals surface area contributed by atoms with Gasteiger partial charge in [0, 0.05) is 0 Å². The fourth-order valence-corrected chi connectivity index (χ4v) is 1.51. The summed E-state index contributed by atoms with van der Waals surface area (Å²) in [6, 6.07) is 0. The van der Waals surface area contributed by atoms with E-state index in [1.165, 1.54) is 13.2 Å². The first-order valence-electron chi connectivity index (χ1n) is 6.50. The van der Waals surface area contributed by atoms with Gasteiger partial charge in [-0.2, -0.15) is 0 Å². The van der Waals surface area contributed by atoms with Crippen molar-refractivity contribution in [2.45, 2.75) is 27.7 Å². The van der Waals surface area contributed by atoms with Gasteiger partial charge in [-0.05, 0) is 50.5 Å². The highest BCUT2D eigenvalue weighted by Crippen LogP contribution is 2.20. The van der Waals surface area contributed by atoms with Gasteiger partial charge in [0.05, 0.1) is 12.7 Å². The summed E-state index contributed by atoms with van der Waals surface area (Å²) in [4.78, 5) is 11.6. The molecule has 0 saturated heterocycles. The van der Waals surface area contributed by atoms with E-state index in [-0.39, 0.29) is 0 Å². The molecule has 0 radical (unpaired) electrons. The lowest BCUT2D eigenvalue weighted by molar-refractivity contribution is -0.135. The Morgan fingerprint density at radius 2 is 1.50 bits per heavy atom. The van der Waals surface area contributed by atoms with Crippen molar-refractivity contribution in [1.29, 1.82) is 0 Å². The molecule has 0 N–H and O–H groups in total. The maximum absolute atomic E-state index is 11.6. The molecule has 0 heterocycles. The number of hydrogen-bond donors (Lipinski definition) is 0. The molecule has 0 aliphatic heterocycles. The lowest BCUT2D eigenvalue weighted by Gasteiger charge is -2.08. The average Bonchev–Trinajstić information content (AvgIpc) is 2.45. The molecule has 0 aromatic heterocycles. The Bertz CT molecular complexity index is 512. The van der Waals surface area contributed by atoms with Gasteiger partial charge in [0.25, 0.3) is 0 Å². The SMILES string of the molecule is C=C\C(=C/C(=C\C)C(/C=C(/C)C(=C)C)=C/C)C(=O)OC. The highest BCUT2D eigenvalue weighted by Gasteiger charge is 2.07. The van der Waals surface area contributed by atoms with E-state index in [9.17, 15) is 4.79 Å². The number of hydrogen-bond acceptors (Lipinski definition) is 2. The van der Waals surface area contributed by atoms with Gasteiger partial charge < -0.3 is 4.74 Å². The van der Waals surface area contributed by atoms with Gasteiger partial charge in [-0.25, -0.2) is 4.79 Å². The topological polar surface area (TPSA) is 26.3 Å². The minimum absolute atomic E-state index is 0.393. The summed E-state index contributed by atoms with van der Waals surface area (Å²) in [5, 5.41) is 0. The van der Waals surface area contributed by atoms with Crippen LogP contribution in [-0.4, -0.2) is 13.1 Å². The van der Waals surface area contributed by atoms with Gasteiger partial charge >= 0.3 is 5.97 Å². The molecule has 2 nitrogen and oxygen atoms in total. The first-order chi connectivity index (χ1) is 9.40. The van der Waals surface area contributed by atoms with Crippen molar-refractivity contribution in [2.24, 2.45) is 0 Å². The molecular weight excluding hydrogens is 248 g/mol. The predicted octanol–water partition coefficient (Wildman–Crippen LogP) is 4.69. The maximum Gasteiger partial charge on any atom is 0.337 e. The van der Waals surface area contributed by atoms with Crippen LogP contribution in [0, 0.1) is 0 Å². The normalized spacial score (nSPS) is 14.1. The van der Waals surface area contributed by atoms with Crippen molar-refractivity contribution < 1.29 is 9.53 Å². The van der Waals surface area contributed by atoms with Crippen LogP contribution in [0.3, 0.4) is 0 Å². The van der Waals surface area contributed by atoms with Crippen molar-refractivity contribution in [3.63, 3.8) is 0 Å². The molecule has 2 heteroatoms. The van der Waals surface area contributed by atoms with Gasteiger partial charge in [0.15, 0.2) is 0 Å². The summed E-state index contributed by atoms with van der Waals surface area (Å²) < 4.78 is 4.73. The Morgan fingerprint density at radius 3 is 1.85 bits per heavy atom. The summed E-state index contributed by atoms with van der Waals surface area (Å²) in [5.74, 6) is -0.393. The highest BCUT2D eigenvalue weighted by atomic mass is 16.5. The molecule has 0 aromatic rings. The van der Waals surface area contributed by atoms with Crippen LogP contribution in [0.15, 0.2) is 71.4 Å². The second-order valence-electron chi connectivity index (χ2n) is 4.39. The zero-order valence-corrected chi connectivity index (χ0v) is 13.1. The Morgan fingerprint density at radius 1 is 1.00 bits per heavy atom. The quantitative estimate of drug-likeness (QED) is 0.398. The minimum atomic E-state index is -0.393. The lowest BCUT2D eigenvalue weighted by Crippen LogP contribution is -2.03. The van der Waals surface area contributed by atoms with Gasteiger partial charge in [-0.15, -0.1) is 0 Å². The largest absolute Gasteiger partial charge is 0.465 e. The molecule has 0 aliphatic carbocycles. The van der Waals surface area contributed by atoms with Crippen LogP contribution in [0.4, 0.5) is 0 Å². The Kier molecular flexibility index (Phi) is 7.98. The first-order valence-corrected chi connectivity index (χ1v) is 6.50. The van der Waals surface area contributed by atoms with E-state index in [0.717, 1.165) is 22.3 Å². The summed E-state index contributed by atoms with van der Waals surface area (Å²) in [6.45, 7) is 15.4. The Balaban J connectivity index is 5.64. The number of carbonyl (C=O) groups is 1. The average molecular weight is 272 g/mol. The maximum atomic E-state index is 11.6. The minimum Gasteiger partial charge on any atom is -0.465 e. The van der Waals surface area contributed by atoms with Gasteiger partial charge in [-0.1, -0.05) is 43.0 Å². The molecular formula is C18H24O2. The molecule has 0 saturated carbocycles. The molecule has 0 amide bonds. The summed E-state index contributed by atoms with van der Waals surface area (Å²) in [7, 11) is 1.36. The van der Waals surface area contributed by atoms with Crippen LogP contribution in [0.25, 0.3) is 0 Å². The van der Waals surface area contributed by atoms with Crippen LogP contribution in [-0.2, 0) is 9.53 Å². The summed E-state index contributed by atoms with van der Waals surface area (Å²) in [5.41, 5.74) is 4.51. The van der Waals surface area contributed by atoms with Crippen LogP contribution in [0.5, 0.6) is 0 Å². The molecule has 20 heavy (non-hydrogen) atoms. The van der Waals surface area contributed by atoms with Crippen LogP contribution < -0.4 is 0 Å². The molecule has 0 atom stereocenters. The second kappa shape index (κ2) is 8.92. The van der Waals surface area contributed by atoms with Gasteiger partial charge in [0.1, 0.15) is 0 Å². The summed E-state index contributed by atoms with van der Waals surface area (Å²) in [6.07, 6.45) is 9.26.